The molecule has 0 bridgehead atoms. The summed E-state index contributed by atoms with van der Waals surface area (Å²) in [6, 6.07) is 5.66. The SMILES string of the molecule is Cc1ccc(NC(=O)C[NH+](C)CC(=O)N(C)C)cc1Br. The van der Waals surface area contributed by atoms with Crippen molar-refractivity contribution in [2.45, 2.75) is 6.92 Å². The van der Waals surface area contributed by atoms with Crippen LogP contribution in [-0.4, -0.2) is 50.9 Å². The topological polar surface area (TPSA) is 53.9 Å². The van der Waals surface area contributed by atoms with E-state index in [9.17, 15) is 9.59 Å². The highest BCUT2D eigenvalue weighted by Gasteiger charge is 2.15. The van der Waals surface area contributed by atoms with E-state index < -0.39 is 0 Å². The van der Waals surface area contributed by atoms with Crippen LogP contribution in [0.4, 0.5) is 5.69 Å². The van der Waals surface area contributed by atoms with Crippen molar-refractivity contribution in [1.82, 2.24) is 4.90 Å². The fourth-order valence-electron chi connectivity index (χ4n) is 1.63. The van der Waals surface area contributed by atoms with Crippen molar-refractivity contribution in [2.75, 3.05) is 39.5 Å². The second kappa shape index (κ2) is 7.40. The normalized spacial score (nSPS) is 11.8. The number of hydrogen-bond donors (Lipinski definition) is 2. The van der Waals surface area contributed by atoms with Gasteiger partial charge in [0.05, 0.1) is 7.05 Å². The molecule has 1 aromatic rings. The lowest BCUT2D eigenvalue weighted by Crippen LogP contribution is -3.11. The van der Waals surface area contributed by atoms with Crippen LogP contribution in [0.25, 0.3) is 0 Å². The summed E-state index contributed by atoms with van der Waals surface area (Å²) >= 11 is 3.43. The molecule has 0 heterocycles. The molecule has 0 saturated carbocycles. The van der Waals surface area contributed by atoms with Gasteiger partial charge in [-0.3, -0.25) is 9.59 Å². The first-order valence-corrected chi connectivity index (χ1v) is 7.16. The number of hydrogen-bond acceptors (Lipinski definition) is 2. The predicted octanol–water partition coefficient (Wildman–Crippen LogP) is 0.299. The van der Waals surface area contributed by atoms with E-state index in [1.807, 2.05) is 32.2 Å². The molecule has 2 amide bonds. The lowest BCUT2D eigenvalue weighted by atomic mass is 10.2. The summed E-state index contributed by atoms with van der Waals surface area (Å²) in [6.07, 6.45) is 0. The van der Waals surface area contributed by atoms with Crippen molar-refractivity contribution in [1.29, 1.82) is 0 Å². The molecule has 0 aliphatic rings. The zero-order chi connectivity index (χ0) is 15.3. The summed E-state index contributed by atoms with van der Waals surface area (Å²) in [6.45, 7) is 2.55. The van der Waals surface area contributed by atoms with Crippen molar-refractivity contribution in [2.24, 2.45) is 0 Å². The number of nitrogens with one attached hydrogen (secondary N) is 2. The second-order valence-electron chi connectivity index (χ2n) is 5.11. The molecule has 110 valence electrons. The van der Waals surface area contributed by atoms with Crippen LogP contribution in [0.15, 0.2) is 22.7 Å². The van der Waals surface area contributed by atoms with Gasteiger partial charge in [0, 0.05) is 24.3 Å². The summed E-state index contributed by atoms with van der Waals surface area (Å²) in [5.41, 5.74) is 1.86. The van der Waals surface area contributed by atoms with E-state index in [1.54, 1.807) is 14.1 Å². The standard InChI is InChI=1S/C14H20BrN3O2/c1-10-5-6-11(7-12(10)15)16-13(19)8-18(4)9-14(20)17(2)3/h5-7H,8-9H2,1-4H3,(H,16,19)/p+1. The second-order valence-corrected chi connectivity index (χ2v) is 5.97. The van der Waals surface area contributed by atoms with Crippen LogP contribution in [0, 0.1) is 6.92 Å². The van der Waals surface area contributed by atoms with Crippen molar-refractivity contribution in [3.8, 4) is 0 Å². The number of anilines is 1. The van der Waals surface area contributed by atoms with Crippen LogP contribution in [-0.2, 0) is 9.59 Å². The number of carbonyl (C=O) groups is 2. The maximum atomic E-state index is 11.9. The quantitative estimate of drug-likeness (QED) is 0.808. The van der Waals surface area contributed by atoms with E-state index in [4.69, 9.17) is 0 Å². The van der Waals surface area contributed by atoms with Gasteiger partial charge in [-0.15, -0.1) is 0 Å². The maximum absolute atomic E-state index is 11.9. The zero-order valence-corrected chi connectivity index (χ0v) is 13.9. The van der Waals surface area contributed by atoms with Gasteiger partial charge in [-0.05, 0) is 24.6 Å². The van der Waals surface area contributed by atoms with Crippen LogP contribution in [0.1, 0.15) is 5.56 Å². The molecule has 0 radical (unpaired) electrons. The van der Waals surface area contributed by atoms with Gasteiger partial charge in [0.25, 0.3) is 11.8 Å². The number of nitrogens with zero attached hydrogens (tertiary/aromatic N) is 1. The average molecular weight is 343 g/mol. The third-order valence-corrected chi connectivity index (χ3v) is 3.72. The minimum absolute atomic E-state index is 0.00776. The highest BCUT2D eigenvalue weighted by Crippen LogP contribution is 2.20. The van der Waals surface area contributed by atoms with E-state index in [2.05, 4.69) is 21.2 Å². The van der Waals surface area contributed by atoms with Crippen LogP contribution < -0.4 is 10.2 Å². The molecule has 5 nitrogen and oxygen atoms in total. The molecular formula is C14H21BrN3O2+. The van der Waals surface area contributed by atoms with Crippen LogP contribution in [0.3, 0.4) is 0 Å². The third-order valence-electron chi connectivity index (χ3n) is 2.87. The Bertz CT molecular complexity index is 503. The van der Waals surface area contributed by atoms with Crippen LogP contribution >= 0.6 is 15.9 Å². The molecule has 0 aliphatic heterocycles. The molecule has 1 atom stereocenters. The van der Waals surface area contributed by atoms with Gasteiger partial charge >= 0.3 is 0 Å². The minimum Gasteiger partial charge on any atom is -0.344 e. The Morgan fingerprint density at radius 2 is 1.95 bits per heavy atom. The molecule has 2 N–H and O–H groups in total. The van der Waals surface area contributed by atoms with Gasteiger partial charge < -0.3 is 15.1 Å². The van der Waals surface area contributed by atoms with Crippen LogP contribution in [0.2, 0.25) is 0 Å². The summed E-state index contributed by atoms with van der Waals surface area (Å²) < 4.78 is 0.957. The molecule has 6 heteroatoms. The van der Waals surface area contributed by atoms with Gasteiger partial charge in [-0.2, -0.15) is 0 Å². The molecule has 0 spiro atoms. The summed E-state index contributed by atoms with van der Waals surface area (Å²) in [5, 5.41) is 2.83. The molecule has 1 aromatic carbocycles. The zero-order valence-electron chi connectivity index (χ0n) is 12.3. The Morgan fingerprint density at radius 1 is 1.30 bits per heavy atom. The third kappa shape index (κ3) is 5.30. The number of benzene rings is 1. The lowest BCUT2D eigenvalue weighted by molar-refractivity contribution is -0.862. The van der Waals surface area contributed by atoms with E-state index >= 15 is 0 Å². The molecule has 20 heavy (non-hydrogen) atoms. The molecule has 0 aliphatic carbocycles. The van der Waals surface area contributed by atoms with Crippen molar-refractivity contribution >= 4 is 33.4 Å². The fourth-order valence-corrected chi connectivity index (χ4v) is 2.01. The van der Waals surface area contributed by atoms with Gasteiger partial charge in [0.2, 0.25) is 0 Å². The molecule has 0 fully saturated rings. The fraction of sp³-hybridized carbons (Fsp3) is 0.429. The first-order chi connectivity index (χ1) is 9.29. The highest BCUT2D eigenvalue weighted by atomic mass is 79.9. The molecule has 1 rings (SSSR count). The Labute approximate surface area is 128 Å². The number of amides is 2. The number of halogens is 1. The molecular weight excluding hydrogens is 322 g/mol. The number of rotatable bonds is 5. The smallest absolute Gasteiger partial charge is 0.279 e. The number of quaternary nitrogens is 1. The van der Waals surface area contributed by atoms with Gasteiger partial charge in [-0.25, -0.2) is 0 Å². The Kier molecular flexibility index (Phi) is 6.16. The van der Waals surface area contributed by atoms with E-state index in [0.29, 0.717) is 6.54 Å². The monoisotopic (exact) mass is 342 g/mol. The van der Waals surface area contributed by atoms with Crippen molar-refractivity contribution in [3.63, 3.8) is 0 Å². The summed E-state index contributed by atoms with van der Waals surface area (Å²) in [4.78, 5) is 25.8. The largest absolute Gasteiger partial charge is 0.344 e. The average Bonchev–Trinajstić information content (AvgIpc) is 2.33. The molecule has 1 unspecified atom stereocenters. The number of likely N-dealkylation sites (N-methyl/N-ethyl adjacent to an activating group) is 2. The van der Waals surface area contributed by atoms with Crippen molar-refractivity contribution in [3.05, 3.63) is 28.2 Å². The van der Waals surface area contributed by atoms with E-state index in [1.165, 1.54) is 4.90 Å². The van der Waals surface area contributed by atoms with Gasteiger partial charge in [0.15, 0.2) is 13.1 Å². The summed E-state index contributed by atoms with van der Waals surface area (Å²) in [7, 11) is 5.24. The maximum Gasteiger partial charge on any atom is 0.279 e. The van der Waals surface area contributed by atoms with Crippen LogP contribution in [0.5, 0.6) is 0 Å². The van der Waals surface area contributed by atoms with Crippen molar-refractivity contribution < 1.29 is 14.5 Å². The number of aryl methyl sites for hydroxylation is 1. The Morgan fingerprint density at radius 3 is 2.50 bits per heavy atom. The van der Waals surface area contributed by atoms with E-state index in [0.717, 1.165) is 20.6 Å². The molecule has 0 aromatic heterocycles. The Hall–Kier alpha value is -1.40. The highest BCUT2D eigenvalue weighted by molar-refractivity contribution is 9.10. The molecule has 0 saturated heterocycles. The first-order valence-electron chi connectivity index (χ1n) is 6.37. The number of carbonyl (C=O) groups excluding carboxylic acids is 2. The summed E-state index contributed by atoms with van der Waals surface area (Å²) in [5.74, 6) is -0.0989. The van der Waals surface area contributed by atoms with Gasteiger partial charge in [0.1, 0.15) is 0 Å². The Balaban J connectivity index is 2.50. The minimum atomic E-state index is -0.107. The lowest BCUT2D eigenvalue weighted by Gasteiger charge is -2.16. The predicted molar refractivity (Wildman–Crippen MR) is 82.8 cm³/mol. The van der Waals surface area contributed by atoms with Gasteiger partial charge in [-0.1, -0.05) is 22.0 Å². The van der Waals surface area contributed by atoms with E-state index in [-0.39, 0.29) is 18.4 Å². The first kappa shape index (κ1) is 16.7.